The van der Waals surface area contributed by atoms with Crippen LogP contribution in [0.15, 0.2) is 52.1 Å². The van der Waals surface area contributed by atoms with Gasteiger partial charge in [-0.15, -0.1) is 6.58 Å². The highest BCUT2D eigenvalue weighted by Gasteiger charge is 2.31. The number of furan rings is 1. The molecule has 0 aliphatic carbocycles. The van der Waals surface area contributed by atoms with Crippen LogP contribution in [0.4, 0.5) is 11.4 Å². The number of nitrogens with zero attached hydrogens (tertiary/aromatic N) is 1. The van der Waals surface area contributed by atoms with Gasteiger partial charge in [0.05, 0.1) is 5.69 Å². The summed E-state index contributed by atoms with van der Waals surface area (Å²) in [6.07, 6.45) is 1.06. The molecule has 1 aliphatic heterocycles. The van der Waals surface area contributed by atoms with Crippen LogP contribution in [0.1, 0.15) is 17.5 Å². The van der Waals surface area contributed by atoms with Crippen LogP contribution < -0.4 is 15.0 Å². The maximum absolute atomic E-state index is 12.2. The molecule has 0 saturated carbocycles. The van der Waals surface area contributed by atoms with Crippen LogP contribution in [-0.4, -0.2) is 24.5 Å². The first kappa shape index (κ1) is 16.3. The smallest absolute Gasteiger partial charge is 0.291 e. The molecule has 3 rings (SSSR count). The Kier molecular flexibility index (Phi) is 4.44. The van der Waals surface area contributed by atoms with E-state index >= 15 is 0 Å². The number of benzene rings is 1. The highest BCUT2D eigenvalue weighted by atomic mass is 79.9. The highest BCUT2D eigenvalue weighted by Crippen LogP contribution is 2.36. The topological polar surface area (TPSA) is 71.8 Å². The van der Waals surface area contributed by atoms with E-state index in [-0.39, 0.29) is 17.6 Å². The highest BCUT2D eigenvalue weighted by molar-refractivity contribution is 9.10. The number of amides is 2. The van der Waals surface area contributed by atoms with Crippen molar-refractivity contribution in [2.24, 2.45) is 0 Å². The maximum Gasteiger partial charge on any atom is 0.291 e. The quantitative estimate of drug-likeness (QED) is 0.809. The number of fused-ring (bicyclic) bond motifs is 1. The number of hydrogen-bond acceptors (Lipinski definition) is 4. The van der Waals surface area contributed by atoms with Gasteiger partial charge in [-0.1, -0.05) is 6.08 Å². The van der Waals surface area contributed by atoms with Crippen molar-refractivity contribution >= 4 is 39.1 Å². The first-order chi connectivity index (χ1) is 11.5. The molecule has 0 fully saturated rings. The van der Waals surface area contributed by atoms with Crippen molar-refractivity contribution in [2.75, 3.05) is 16.8 Å². The molecule has 6 nitrogen and oxygen atoms in total. The summed E-state index contributed by atoms with van der Waals surface area (Å²) < 4.78 is 11.3. The van der Waals surface area contributed by atoms with Crippen LogP contribution in [0.25, 0.3) is 0 Å². The second-order valence-electron chi connectivity index (χ2n) is 5.24. The minimum absolute atomic E-state index is 0.125. The molecule has 1 atom stereocenters. The Morgan fingerprint density at radius 2 is 2.21 bits per heavy atom. The summed E-state index contributed by atoms with van der Waals surface area (Å²) in [5, 5.41) is 2.74. The lowest BCUT2D eigenvalue weighted by Crippen LogP contribution is -2.44. The zero-order chi connectivity index (χ0) is 17.3. The number of rotatable bonds is 4. The number of anilines is 2. The third-order valence-corrected chi connectivity index (χ3v) is 3.96. The predicted octanol–water partition coefficient (Wildman–Crippen LogP) is 3.59. The van der Waals surface area contributed by atoms with Crippen molar-refractivity contribution in [1.82, 2.24) is 0 Å². The number of halogens is 1. The van der Waals surface area contributed by atoms with Crippen molar-refractivity contribution in [3.05, 3.63) is 53.4 Å². The number of carbonyl (C=O) groups is 2. The minimum atomic E-state index is -0.593. The van der Waals surface area contributed by atoms with Gasteiger partial charge in [-0.05, 0) is 47.1 Å². The van der Waals surface area contributed by atoms with E-state index in [9.17, 15) is 9.59 Å². The van der Waals surface area contributed by atoms with E-state index in [2.05, 4.69) is 27.8 Å². The molecule has 124 valence electrons. The van der Waals surface area contributed by atoms with Crippen LogP contribution in [0, 0.1) is 0 Å². The van der Waals surface area contributed by atoms with E-state index in [1.807, 2.05) is 0 Å². The fraction of sp³-hybridized carbons (Fsp3) is 0.176. The fourth-order valence-electron chi connectivity index (χ4n) is 2.43. The van der Waals surface area contributed by atoms with Gasteiger partial charge >= 0.3 is 0 Å². The monoisotopic (exact) mass is 390 g/mol. The maximum atomic E-state index is 12.2. The molecular formula is C17H15BrN2O4. The Balaban J connectivity index is 1.85. The van der Waals surface area contributed by atoms with Gasteiger partial charge in [0.15, 0.2) is 16.5 Å². The van der Waals surface area contributed by atoms with Crippen molar-refractivity contribution in [3.63, 3.8) is 0 Å². The van der Waals surface area contributed by atoms with Crippen LogP contribution in [0.3, 0.4) is 0 Å². The molecule has 1 unspecified atom stereocenters. The summed E-state index contributed by atoms with van der Waals surface area (Å²) in [5.41, 5.74) is 1.20. The Hall–Kier alpha value is -2.54. The third kappa shape index (κ3) is 3.07. The molecule has 2 amide bonds. The summed E-state index contributed by atoms with van der Waals surface area (Å²) in [4.78, 5) is 25.9. The van der Waals surface area contributed by atoms with Crippen LogP contribution in [0.2, 0.25) is 0 Å². The van der Waals surface area contributed by atoms with Crippen molar-refractivity contribution < 1.29 is 18.7 Å². The van der Waals surface area contributed by atoms with Gasteiger partial charge in [-0.25, -0.2) is 0 Å². The summed E-state index contributed by atoms with van der Waals surface area (Å²) >= 11 is 3.16. The molecule has 7 heteroatoms. The summed E-state index contributed by atoms with van der Waals surface area (Å²) in [7, 11) is 0. The number of carbonyl (C=O) groups excluding carboxylic acids is 2. The lowest BCUT2D eigenvalue weighted by molar-refractivity contribution is -0.125. The van der Waals surface area contributed by atoms with E-state index in [1.165, 1.54) is 0 Å². The summed E-state index contributed by atoms with van der Waals surface area (Å²) in [6.45, 7) is 5.76. The van der Waals surface area contributed by atoms with Gasteiger partial charge in [-0.3, -0.25) is 9.59 Å². The van der Waals surface area contributed by atoms with Crippen molar-refractivity contribution in [2.45, 2.75) is 13.0 Å². The zero-order valence-electron chi connectivity index (χ0n) is 12.9. The Bertz CT molecular complexity index is 815. The second kappa shape index (κ2) is 6.52. The molecule has 2 aromatic rings. The predicted molar refractivity (Wildman–Crippen MR) is 93.4 cm³/mol. The molecule has 1 aromatic heterocycles. The van der Waals surface area contributed by atoms with Crippen LogP contribution in [0.5, 0.6) is 5.75 Å². The SMILES string of the molecule is C=CCN1C(=O)C(C)Oc2cc(NC(=O)c3ccc(Br)o3)ccc21. The molecule has 0 spiro atoms. The van der Waals surface area contributed by atoms with Crippen LogP contribution in [-0.2, 0) is 4.79 Å². The summed E-state index contributed by atoms with van der Waals surface area (Å²) in [5.74, 6) is 0.225. The standard InChI is InChI=1S/C17H15BrN2O4/c1-3-8-20-12-5-4-11(9-14(12)23-10(2)17(20)22)19-16(21)13-6-7-15(18)24-13/h3-7,9-10H,1,8H2,2H3,(H,19,21). The van der Waals surface area contributed by atoms with E-state index < -0.39 is 6.10 Å². The molecule has 0 saturated heterocycles. The Morgan fingerprint density at radius 3 is 2.88 bits per heavy atom. The van der Waals surface area contributed by atoms with E-state index in [0.717, 1.165) is 0 Å². The van der Waals surface area contributed by atoms with Crippen molar-refractivity contribution in [1.29, 1.82) is 0 Å². The second-order valence-corrected chi connectivity index (χ2v) is 6.02. The third-order valence-electron chi connectivity index (χ3n) is 3.53. The largest absolute Gasteiger partial charge is 0.479 e. The van der Waals surface area contributed by atoms with Crippen LogP contribution >= 0.6 is 15.9 Å². The number of hydrogen-bond donors (Lipinski definition) is 1. The first-order valence-corrected chi connectivity index (χ1v) is 8.08. The van der Waals surface area contributed by atoms with Gasteiger partial charge in [0.1, 0.15) is 5.75 Å². The van der Waals surface area contributed by atoms with E-state index in [1.54, 1.807) is 48.2 Å². The van der Waals surface area contributed by atoms with Gasteiger partial charge in [0.25, 0.3) is 11.8 Å². The Labute approximate surface area is 147 Å². The molecule has 1 aliphatic rings. The summed E-state index contributed by atoms with van der Waals surface area (Å²) in [6, 6.07) is 8.34. The lowest BCUT2D eigenvalue weighted by Gasteiger charge is -2.32. The minimum Gasteiger partial charge on any atom is -0.479 e. The molecule has 24 heavy (non-hydrogen) atoms. The van der Waals surface area contributed by atoms with E-state index in [0.29, 0.717) is 28.3 Å². The van der Waals surface area contributed by atoms with Gasteiger partial charge in [0.2, 0.25) is 0 Å². The van der Waals surface area contributed by atoms with Crippen molar-refractivity contribution in [3.8, 4) is 5.75 Å². The van der Waals surface area contributed by atoms with Gasteiger partial charge in [0, 0.05) is 18.3 Å². The number of ether oxygens (including phenoxy) is 1. The average molecular weight is 391 g/mol. The zero-order valence-corrected chi connectivity index (χ0v) is 14.5. The van der Waals surface area contributed by atoms with Gasteiger partial charge < -0.3 is 19.4 Å². The lowest BCUT2D eigenvalue weighted by atomic mass is 10.1. The molecule has 0 radical (unpaired) electrons. The molecule has 1 N–H and O–H groups in total. The Morgan fingerprint density at radius 1 is 1.42 bits per heavy atom. The molecule has 2 heterocycles. The van der Waals surface area contributed by atoms with E-state index in [4.69, 9.17) is 9.15 Å². The molecular weight excluding hydrogens is 376 g/mol. The normalized spacial score (nSPS) is 16.3. The fourth-order valence-corrected chi connectivity index (χ4v) is 2.74. The molecule has 1 aromatic carbocycles. The van der Waals surface area contributed by atoms with Gasteiger partial charge in [-0.2, -0.15) is 0 Å². The number of nitrogens with one attached hydrogen (secondary N) is 1. The molecule has 0 bridgehead atoms. The first-order valence-electron chi connectivity index (χ1n) is 7.29. The average Bonchev–Trinajstić information content (AvgIpc) is 2.98.